The number of nitrogens with zero attached hydrogens (tertiary/aromatic N) is 7. The van der Waals surface area contributed by atoms with Crippen molar-refractivity contribution in [2.45, 2.75) is 9.79 Å². The van der Waals surface area contributed by atoms with Crippen LogP contribution in [0.2, 0.25) is 10.6 Å². The maximum atomic E-state index is 14.0. The molecule has 0 aliphatic rings. The molecule has 2 aromatic heterocycles. The maximum Gasteiger partial charge on any atom is 1.00 e. The van der Waals surface area contributed by atoms with Crippen molar-refractivity contribution in [2.75, 3.05) is 0 Å². The summed E-state index contributed by atoms with van der Waals surface area (Å²) in [4.78, 5) is 9.50. The molecule has 0 aliphatic heterocycles. The Morgan fingerprint density at radius 2 is 1.40 bits per heavy atom. The van der Waals surface area contributed by atoms with Crippen LogP contribution in [-0.2, 0) is 20.2 Å². The Kier molecular flexibility index (Phi) is 11.8. The molecule has 48 heavy (non-hydrogen) atoms. The predicted molar refractivity (Wildman–Crippen MR) is 163 cm³/mol. The minimum Gasteiger partial charge on any atom is -0.870 e. The summed E-state index contributed by atoms with van der Waals surface area (Å²) in [5.41, 5.74) is 0.564. The second-order valence-electron chi connectivity index (χ2n) is 9.45. The maximum absolute atomic E-state index is 14.0. The molecule has 4 aromatic carbocycles. The molecule has 6 aromatic rings. The molecule has 14 nitrogen and oxygen atoms in total. The van der Waals surface area contributed by atoms with Crippen molar-refractivity contribution in [3.05, 3.63) is 95.5 Å². The van der Waals surface area contributed by atoms with Crippen LogP contribution < -0.4 is 64.2 Å². The number of benzene rings is 4. The Morgan fingerprint density at radius 1 is 0.792 bits per heavy atom. The minimum absolute atomic E-state index is 0. The number of hydrogen-bond donors (Lipinski definition) is 1. The largest absolute Gasteiger partial charge is 1.00 e. The van der Waals surface area contributed by atoms with Crippen LogP contribution >= 0.6 is 23.2 Å². The molecule has 0 aliphatic carbocycles. The van der Waals surface area contributed by atoms with Crippen LogP contribution in [0, 0.1) is 0 Å². The summed E-state index contributed by atoms with van der Waals surface area (Å²) in [5.74, 6) is -1.47. The number of aromatic nitrogens is 5. The summed E-state index contributed by atoms with van der Waals surface area (Å²) < 4.78 is 72.5. The molecule has 0 bridgehead atoms. The van der Waals surface area contributed by atoms with Gasteiger partial charge in [-0.05, 0) is 64.3 Å². The summed E-state index contributed by atoms with van der Waals surface area (Å²) in [6.07, 6.45) is 0. The van der Waals surface area contributed by atoms with Gasteiger partial charge in [-0.3, -0.25) is 4.55 Å². The summed E-state index contributed by atoms with van der Waals surface area (Å²) in [6, 6.07) is 21.7. The Bertz CT molecular complexity index is 2400. The van der Waals surface area contributed by atoms with Gasteiger partial charge < -0.3 is 9.66 Å². The molecular weight excluding hydrogens is 727 g/mol. The van der Waals surface area contributed by atoms with Crippen molar-refractivity contribution in [2.24, 2.45) is 10.2 Å². The van der Waals surface area contributed by atoms with E-state index < -0.39 is 57.9 Å². The van der Waals surface area contributed by atoms with Gasteiger partial charge in [-0.15, -0.1) is 10.2 Å². The zero-order valence-electron chi connectivity index (χ0n) is 24.7. The Morgan fingerprint density at radius 3 is 1.98 bits per heavy atom. The average molecular weight is 742 g/mol. The van der Waals surface area contributed by atoms with E-state index in [9.17, 15) is 31.0 Å². The second-order valence-corrected chi connectivity index (χ2v) is 12.9. The number of fused-ring (bicyclic) bond motifs is 1. The Balaban J connectivity index is 0.00000260. The molecule has 1 N–H and O–H groups in total. The molecule has 6 rings (SSSR count). The molecule has 0 atom stereocenters. The van der Waals surface area contributed by atoms with Crippen LogP contribution in [0.3, 0.4) is 0 Å². The van der Waals surface area contributed by atoms with Crippen LogP contribution in [0.25, 0.3) is 39.1 Å². The van der Waals surface area contributed by atoms with Gasteiger partial charge in [0.2, 0.25) is 10.6 Å². The van der Waals surface area contributed by atoms with E-state index in [1.54, 1.807) is 36.4 Å². The molecular formula is C28H15Cl2N7Na2O7S2. The molecule has 0 fully saturated rings. The van der Waals surface area contributed by atoms with Crippen LogP contribution in [0.1, 0.15) is 0 Å². The standard InChI is InChI=1S/C28H17Cl2N7O7S2.2Na/c29-27-31-26(32-28(30)33-27)19-13-18(45(39,40)41)11-16-12-21(46(42,43)44)24(25(38)23(16)19)35-34-22-14-20(15-7-3-1-4-8-15)36-37(22)17-9-5-2-6-10-17;;/h1-14,38H,(H,39,40,41)(H,42,43,44);;/q;2*+1/p-2. The van der Waals surface area contributed by atoms with Gasteiger partial charge >= 0.3 is 59.1 Å². The Hall–Kier alpha value is -2.84. The third-order valence-corrected chi connectivity index (χ3v) is 8.52. The smallest absolute Gasteiger partial charge is 0.870 e. The number of hydrogen-bond acceptors (Lipinski definition) is 12. The van der Waals surface area contributed by atoms with Gasteiger partial charge in [0.05, 0.1) is 22.0 Å². The predicted octanol–water partition coefficient (Wildman–Crippen LogP) is -0.501. The number of para-hydroxylation sites is 1. The number of rotatable bonds is 7. The second kappa shape index (κ2) is 15.0. The SMILES string of the molecule is O=S(=O)([O-])c1cc(-c2nc(Cl)nc(Cl)n2)c2c([O-])c(N=Nc3cc(-c4ccccc4)nn3-c3ccccc3)c(S(=O)(=O)O)cc2c1.[Na+].[Na+]. The topological polar surface area (TPSA) is 216 Å². The third-order valence-electron chi connectivity index (χ3n) is 6.51. The molecule has 0 amide bonds. The van der Waals surface area contributed by atoms with E-state index in [4.69, 9.17) is 23.2 Å². The van der Waals surface area contributed by atoms with Crippen molar-refractivity contribution in [1.82, 2.24) is 24.7 Å². The van der Waals surface area contributed by atoms with E-state index in [1.165, 1.54) is 4.68 Å². The molecule has 0 unspecified atom stereocenters. The minimum atomic E-state index is -5.18. The van der Waals surface area contributed by atoms with Crippen molar-refractivity contribution in [1.29, 1.82) is 0 Å². The van der Waals surface area contributed by atoms with Crippen LogP contribution in [0.5, 0.6) is 5.75 Å². The molecule has 2 heterocycles. The van der Waals surface area contributed by atoms with Crippen LogP contribution in [-0.4, -0.2) is 50.7 Å². The third kappa shape index (κ3) is 7.96. The van der Waals surface area contributed by atoms with E-state index in [1.807, 2.05) is 30.3 Å². The molecule has 20 heteroatoms. The van der Waals surface area contributed by atoms with Gasteiger partial charge in [-0.1, -0.05) is 54.3 Å². The van der Waals surface area contributed by atoms with E-state index in [0.29, 0.717) is 11.4 Å². The first-order valence-electron chi connectivity index (χ1n) is 12.7. The average Bonchev–Trinajstić information content (AvgIpc) is 3.44. The van der Waals surface area contributed by atoms with Crippen molar-refractivity contribution < 1.29 is 90.2 Å². The van der Waals surface area contributed by atoms with E-state index in [0.717, 1.165) is 23.8 Å². The fourth-order valence-electron chi connectivity index (χ4n) is 4.56. The van der Waals surface area contributed by atoms with Gasteiger partial charge in [0.1, 0.15) is 15.0 Å². The Labute approximate surface area is 327 Å². The molecule has 0 saturated carbocycles. The fourth-order valence-corrected chi connectivity index (χ4v) is 6.11. The zero-order valence-corrected chi connectivity index (χ0v) is 31.8. The van der Waals surface area contributed by atoms with Gasteiger partial charge in [0.25, 0.3) is 10.1 Å². The molecule has 0 radical (unpaired) electrons. The summed E-state index contributed by atoms with van der Waals surface area (Å²) in [5, 5.41) is 25.1. The van der Waals surface area contributed by atoms with Gasteiger partial charge in [-0.2, -0.15) is 28.5 Å². The molecule has 0 saturated heterocycles. The van der Waals surface area contributed by atoms with E-state index >= 15 is 0 Å². The van der Waals surface area contributed by atoms with Crippen molar-refractivity contribution in [3.63, 3.8) is 0 Å². The first-order chi connectivity index (χ1) is 21.8. The van der Waals surface area contributed by atoms with Crippen LogP contribution in [0.15, 0.2) is 105 Å². The van der Waals surface area contributed by atoms with E-state index in [-0.39, 0.29) is 81.3 Å². The molecule has 0 spiro atoms. The van der Waals surface area contributed by atoms with Gasteiger partial charge in [0, 0.05) is 17.2 Å². The number of azo groups is 1. The first-order valence-corrected chi connectivity index (χ1v) is 16.4. The summed E-state index contributed by atoms with van der Waals surface area (Å²) in [7, 11) is -10.3. The molecule has 232 valence electrons. The zero-order chi connectivity index (χ0) is 32.8. The summed E-state index contributed by atoms with van der Waals surface area (Å²) in [6.45, 7) is 0. The van der Waals surface area contributed by atoms with Crippen molar-refractivity contribution >= 4 is 65.7 Å². The first kappa shape index (κ1) is 38.0. The monoisotopic (exact) mass is 741 g/mol. The summed E-state index contributed by atoms with van der Waals surface area (Å²) >= 11 is 11.8. The van der Waals surface area contributed by atoms with Gasteiger partial charge in [0.15, 0.2) is 11.6 Å². The fraction of sp³-hybridized carbons (Fsp3) is 0. The van der Waals surface area contributed by atoms with Crippen LogP contribution in [0.4, 0.5) is 11.5 Å². The van der Waals surface area contributed by atoms with Crippen molar-refractivity contribution in [3.8, 4) is 34.1 Å². The number of halogens is 2. The van der Waals surface area contributed by atoms with Gasteiger partial charge in [-0.25, -0.2) is 13.1 Å². The van der Waals surface area contributed by atoms with E-state index in [2.05, 4.69) is 30.3 Å². The normalized spacial score (nSPS) is 11.8. The quantitative estimate of drug-likeness (QED) is 0.125.